The summed E-state index contributed by atoms with van der Waals surface area (Å²) in [6.07, 6.45) is 1.18. The number of rotatable bonds is 6. The number of thioether (sulfide) groups is 1. The summed E-state index contributed by atoms with van der Waals surface area (Å²) >= 11 is 13.2. The third-order valence-corrected chi connectivity index (χ3v) is 5.33. The number of hydrogen-bond acceptors (Lipinski definition) is 5. The second kappa shape index (κ2) is 9.35. The Hall–Kier alpha value is -2.48. The maximum atomic E-state index is 12.2. The second-order valence-corrected chi connectivity index (χ2v) is 7.87. The highest BCUT2D eigenvalue weighted by Gasteiger charge is 2.24. The molecule has 1 heterocycles. The number of aliphatic carboxylic acids is 1. The molecule has 0 aromatic heterocycles. The van der Waals surface area contributed by atoms with Crippen LogP contribution in [-0.4, -0.2) is 28.3 Å². The molecule has 0 radical (unpaired) electrons. The van der Waals surface area contributed by atoms with Crippen LogP contribution in [0.5, 0.6) is 5.75 Å². The smallest absolute Gasteiger partial charge is 0.344 e. The SMILES string of the molecule is CCC(Oc1ccc(/C=C2/SC(=Nc3ccc(Cl)cc3Cl)NC2=O)cc1)C(=O)O. The molecule has 0 saturated carbocycles. The van der Waals surface area contributed by atoms with Gasteiger partial charge in [-0.25, -0.2) is 9.79 Å². The average molecular weight is 451 g/mol. The first-order valence-corrected chi connectivity index (χ1v) is 10.2. The molecule has 9 heteroatoms. The van der Waals surface area contributed by atoms with Crippen LogP contribution in [0.4, 0.5) is 5.69 Å². The number of nitrogens with zero attached hydrogens (tertiary/aromatic N) is 1. The molecule has 29 heavy (non-hydrogen) atoms. The molecule has 0 spiro atoms. The Kier molecular flexibility index (Phi) is 6.84. The fourth-order valence-electron chi connectivity index (χ4n) is 2.43. The first-order valence-electron chi connectivity index (χ1n) is 8.60. The number of nitrogens with one attached hydrogen (secondary N) is 1. The molecule has 1 aliphatic rings. The lowest BCUT2D eigenvalue weighted by molar-refractivity contribution is -0.145. The Labute approximate surface area is 181 Å². The molecule has 1 saturated heterocycles. The lowest BCUT2D eigenvalue weighted by atomic mass is 10.2. The van der Waals surface area contributed by atoms with Gasteiger partial charge in [0, 0.05) is 5.02 Å². The molecule has 2 aromatic carbocycles. The molecule has 1 unspecified atom stereocenters. The van der Waals surface area contributed by atoms with Crippen molar-refractivity contribution < 1.29 is 19.4 Å². The minimum Gasteiger partial charge on any atom is -0.479 e. The Bertz CT molecular complexity index is 1010. The molecule has 1 atom stereocenters. The quantitative estimate of drug-likeness (QED) is 0.595. The second-order valence-electron chi connectivity index (χ2n) is 6.00. The van der Waals surface area contributed by atoms with Crippen molar-refractivity contribution in [3.63, 3.8) is 0 Å². The van der Waals surface area contributed by atoms with Crippen molar-refractivity contribution in [3.8, 4) is 5.75 Å². The number of carbonyl (C=O) groups is 2. The van der Waals surface area contributed by atoms with Gasteiger partial charge in [-0.15, -0.1) is 0 Å². The Morgan fingerprint density at radius 2 is 2.00 bits per heavy atom. The number of amides is 1. The van der Waals surface area contributed by atoms with Gasteiger partial charge in [-0.05, 0) is 60.2 Å². The number of carboxylic acids is 1. The van der Waals surface area contributed by atoms with E-state index in [0.717, 1.165) is 5.56 Å². The largest absolute Gasteiger partial charge is 0.479 e. The summed E-state index contributed by atoms with van der Waals surface area (Å²) in [5.41, 5.74) is 1.27. The number of benzene rings is 2. The van der Waals surface area contributed by atoms with Crippen molar-refractivity contribution >= 4 is 63.8 Å². The van der Waals surface area contributed by atoms with Crippen molar-refractivity contribution in [3.05, 3.63) is 63.0 Å². The minimum absolute atomic E-state index is 0.268. The third kappa shape index (κ3) is 5.53. The van der Waals surface area contributed by atoms with Crippen LogP contribution in [0.2, 0.25) is 10.0 Å². The van der Waals surface area contributed by atoms with Gasteiger partial charge in [0.05, 0.1) is 15.6 Å². The molecule has 3 rings (SSSR count). The number of amidine groups is 1. The lowest BCUT2D eigenvalue weighted by Gasteiger charge is -2.13. The molecule has 0 bridgehead atoms. The van der Waals surface area contributed by atoms with E-state index in [-0.39, 0.29) is 5.91 Å². The van der Waals surface area contributed by atoms with Gasteiger partial charge in [-0.3, -0.25) is 4.79 Å². The normalized spacial score (nSPS) is 17.4. The molecule has 0 aliphatic carbocycles. The average Bonchev–Trinajstić information content (AvgIpc) is 3.02. The van der Waals surface area contributed by atoms with Crippen LogP contribution in [0.3, 0.4) is 0 Å². The zero-order valence-electron chi connectivity index (χ0n) is 15.2. The molecule has 6 nitrogen and oxygen atoms in total. The Morgan fingerprint density at radius 1 is 1.28 bits per heavy atom. The zero-order chi connectivity index (χ0) is 21.0. The van der Waals surface area contributed by atoms with Gasteiger partial charge in [0.15, 0.2) is 11.3 Å². The Balaban J connectivity index is 1.73. The summed E-state index contributed by atoms with van der Waals surface area (Å²) in [4.78, 5) is 28.1. The highest BCUT2D eigenvalue weighted by Crippen LogP contribution is 2.32. The van der Waals surface area contributed by atoms with E-state index in [1.165, 1.54) is 11.8 Å². The molecule has 1 amide bonds. The van der Waals surface area contributed by atoms with Crippen LogP contribution >= 0.6 is 35.0 Å². The number of aliphatic imine (C=N–C) groups is 1. The fourth-order valence-corrected chi connectivity index (χ4v) is 3.71. The van der Waals surface area contributed by atoms with E-state index in [2.05, 4.69) is 10.3 Å². The predicted molar refractivity (Wildman–Crippen MR) is 116 cm³/mol. The van der Waals surface area contributed by atoms with Gasteiger partial charge in [0.25, 0.3) is 5.91 Å². The zero-order valence-corrected chi connectivity index (χ0v) is 17.5. The highest BCUT2D eigenvalue weighted by atomic mass is 35.5. The minimum atomic E-state index is -1.01. The van der Waals surface area contributed by atoms with Gasteiger partial charge in [0.1, 0.15) is 5.75 Å². The van der Waals surface area contributed by atoms with E-state index < -0.39 is 12.1 Å². The van der Waals surface area contributed by atoms with Crippen molar-refractivity contribution in [2.75, 3.05) is 0 Å². The first kappa shape index (κ1) is 21.2. The number of ether oxygens (including phenoxy) is 1. The summed E-state index contributed by atoms with van der Waals surface area (Å²) in [7, 11) is 0. The van der Waals surface area contributed by atoms with E-state index in [9.17, 15) is 9.59 Å². The van der Waals surface area contributed by atoms with Gasteiger partial charge in [0.2, 0.25) is 0 Å². The number of carbonyl (C=O) groups excluding carboxylic acids is 1. The molecular formula is C20H16Cl2N2O4S. The van der Waals surface area contributed by atoms with Gasteiger partial charge in [-0.1, -0.05) is 42.3 Å². The number of carboxylic acid groups (broad SMARTS) is 1. The van der Waals surface area contributed by atoms with Crippen molar-refractivity contribution in [2.24, 2.45) is 4.99 Å². The summed E-state index contributed by atoms with van der Waals surface area (Å²) in [6.45, 7) is 1.74. The molecule has 150 valence electrons. The van der Waals surface area contributed by atoms with E-state index in [4.69, 9.17) is 33.0 Å². The van der Waals surface area contributed by atoms with Crippen LogP contribution in [0.15, 0.2) is 52.4 Å². The van der Waals surface area contributed by atoms with Gasteiger partial charge >= 0.3 is 5.97 Å². The molecule has 2 aromatic rings. The van der Waals surface area contributed by atoms with E-state index in [1.807, 2.05) is 0 Å². The van der Waals surface area contributed by atoms with E-state index in [1.54, 1.807) is 55.5 Å². The first-order chi connectivity index (χ1) is 13.9. The Morgan fingerprint density at radius 3 is 2.62 bits per heavy atom. The van der Waals surface area contributed by atoms with Crippen LogP contribution in [0.1, 0.15) is 18.9 Å². The summed E-state index contributed by atoms with van der Waals surface area (Å²) in [6, 6.07) is 11.7. The van der Waals surface area contributed by atoms with Crippen molar-refractivity contribution in [2.45, 2.75) is 19.4 Å². The highest BCUT2D eigenvalue weighted by molar-refractivity contribution is 8.18. The monoisotopic (exact) mass is 450 g/mol. The standard InChI is InChI=1S/C20H16Cl2N2O4S/c1-2-16(19(26)27)28-13-6-3-11(4-7-13)9-17-18(25)24-20(29-17)23-15-8-5-12(21)10-14(15)22/h3-10,16H,2H2,1H3,(H,26,27)(H,23,24,25)/b17-9+. The van der Waals surface area contributed by atoms with Crippen LogP contribution in [-0.2, 0) is 9.59 Å². The van der Waals surface area contributed by atoms with Crippen LogP contribution < -0.4 is 10.1 Å². The van der Waals surface area contributed by atoms with Crippen LogP contribution in [0, 0.1) is 0 Å². The lowest BCUT2D eigenvalue weighted by Crippen LogP contribution is -2.25. The maximum Gasteiger partial charge on any atom is 0.344 e. The molecule has 1 aliphatic heterocycles. The van der Waals surface area contributed by atoms with E-state index in [0.29, 0.717) is 38.0 Å². The summed E-state index contributed by atoms with van der Waals surface area (Å²) < 4.78 is 5.43. The molecule has 2 N–H and O–H groups in total. The number of halogens is 2. The summed E-state index contributed by atoms with van der Waals surface area (Å²) in [5.74, 6) is -0.828. The topological polar surface area (TPSA) is 88.0 Å². The van der Waals surface area contributed by atoms with Gasteiger partial charge < -0.3 is 15.2 Å². The van der Waals surface area contributed by atoms with E-state index >= 15 is 0 Å². The van der Waals surface area contributed by atoms with Gasteiger partial charge in [-0.2, -0.15) is 0 Å². The van der Waals surface area contributed by atoms with Crippen molar-refractivity contribution in [1.29, 1.82) is 0 Å². The van der Waals surface area contributed by atoms with Crippen LogP contribution in [0.25, 0.3) is 6.08 Å². The predicted octanol–water partition coefficient (Wildman–Crippen LogP) is 5.13. The molecular weight excluding hydrogens is 435 g/mol. The maximum absolute atomic E-state index is 12.2. The molecule has 1 fully saturated rings. The number of hydrogen-bond donors (Lipinski definition) is 2. The fraction of sp³-hybridized carbons (Fsp3) is 0.150. The summed E-state index contributed by atoms with van der Waals surface area (Å²) in [5, 5.41) is 13.1. The third-order valence-electron chi connectivity index (χ3n) is 3.89. The van der Waals surface area contributed by atoms with Crippen molar-refractivity contribution in [1.82, 2.24) is 5.32 Å².